The van der Waals surface area contributed by atoms with Crippen LogP contribution in [0.25, 0.3) is 0 Å². The van der Waals surface area contributed by atoms with Gasteiger partial charge in [-0.3, -0.25) is 4.79 Å². The van der Waals surface area contributed by atoms with E-state index in [1.54, 1.807) is 19.2 Å². The molecule has 5 heteroatoms. The lowest BCUT2D eigenvalue weighted by Crippen LogP contribution is -2.35. The summed E-state index contributed by atoms with van der Waals surface area (Å²) in [5.74, 6) is 0.317. The number of carbonyl (C=O) groups is 1. The van der Waals surface area contributed by atoms with Crippen molar-refractivity contribution in [3.05, 3.63) is 24.3 Å². The maximum Gasteiger partial charge on any atom is 0.254 e. The molecule has 0 aliphatic carbocycles. The molecule has 0 aliphatic rings. The molecule has 0 aliphatic heterocycles. The fourth-order valence-corrected chi connectivity index (χ4v) is 1.27. The van der Waals surface area contributed by atoms with Gasteiger partial charge in [0.1, 0.15) is 11.9 Å². The summed E-state index contributed by atoms with van der Waals surface area (Å²) in [6, 6.07) is 7.15. The zero-order valence-corrected chi connectivity index (χ0v) is 9.40. The van der Waals surface area contributed by atoms with E-state index in [4.69, 9.17) is 15.2 Å². The third kappa shape index (κ3) is 2.95. The van der Waals surface area contributed by atoms with E-state index in [-0.39, 0.29) is 12.5 Å². The van der Waals surface area contributed by atoms with Gasteiger partial charge in [-0.05, 0) is 12.1 Å². The molecule has 1 aromatic rings. The predicted octanol–water partition coefficient (Wildman–Crippen LogP) is 0.607. The fourth-order valence-electron chi connectivity index (χ4n) is 1.27. The van der Waals surface area contributed by atoms with E-state index in [9.17, 15) is 4.79 Å². The van der Waals surface area contributed by atoms with E-state index in [2.05, 4.69) is 5.32 Å². The molecule has 0 heterocycles. The van der Waals surface area contributed by atoms with Crippen LogP contribution in [0.2, 0.25) is 0 Å². The maximum atomic E-state index is 11.7. The molecule has 1 aromatic carbocycles. The Morgan fingerprint density at radius 1 is 1.44 bits per heavy atom. The standard InChI is InChI=1S/C11H16N2O3/c1-15-9-6-4-3-5-8(9)13-11(14)10(7-12)16-2/h3-6,10H,7,12H2,1-2H3,(H,13,14). The molecule has 16 heavy (non-hydrogen) atoms. The molecule has 0 aromatic heterocycles. The molecule has 5 nitrogen and oxygen atoms in total. The van der Waals surface area contributed by atoms with Gasteiger partial charge in [-0.15, -0.1) is 0 Å². The average Bonchev–Trinajstić information content (AvgIpc) is 2.31. The quantitative estimate of drug-likeness (QED) is 0.768. The Morgan fingerprint density at radius 3 is 2.69 bits per heavy atom. The SMILES string of the molecule is COc1ccccc1NC(=O)C(CN)OC. The Labute approximate surface area is 94.5 Å². The second kappa shape index (κ2) is 6.09. The first-order valence-electron chi connectivity index (χ1n) is 4.89. The largest absolute Gasteiger partial charge is 0.495 e. The van der Waals surface area contributed by atoms with Crippen LogP contribution >= 0.6 is 0 Å². The van der Waals surface area contributed by atoms with Gasteiger partial charge in [-0.1, -0.05) is 12.1 Å². The van der Waals surface area contributed by atoms with E-state index in [1.165, 1.54) is 7.11 Å². The summed E-state index contributed by atoms with van der Waals surface area (Å²) in [7, 11) is 2.99. The third-order valence-electron chi connectivity index (χ3n) is 2.16. The molecule has 1 unspecified atom stereocenters. The van der Waals surface area contributed by atoms with Crippen LogP contribution in [0.5, 0.6) is 5.75 Å². The zero-order chi connectivity index (χ0) is 12.0. The van der Waals surface area contributed by atoms with Crippen molar-refractivity contribution in [1.29, 1.82) is 0 Å². The number of hydrogen-bond acceptors (Lipinski definition) is 4. The number of methoxy groups -OCH3 is 2. The second-order valence-corrected chi connectivity index (χ2v) is 3.15. The summed E-state index contributed by atoms with van der Waals surface area (Å²) >= 11 is 0. The predicted molar refractivity (Wildman–Crippen MR) is 61.5 cm³/mol. The van der Waals surface area contributed by atoms with Crippen molar-refractivity contribution < 1.29 is 14.3 Å². The highest BCUT2D eigenvalue weighted by atomic mass is 16.5. The lowest BCUT2D eigenvalue weighted by Gasteiger charge is -2.14. The summed E-state index contributed by atoms with van der Waals surface area (Å²) in [4.78, 5) is 11.7. The summed E-state index contributed by atoms with van der Waals surface area (Å²) in [6.07, 6.45) is -0.648. The number of hydrogen-bond donors (Lipinski definition) is 2. The summed E-state index contributed by atoms with van der Waals surface area (Å²) < 4.78 is 10.0. The molecular weight excluding hydrogens is 208 g/mol. The van der Waals surface area contributed by atoms with Gasteiger partial charge in [-0.2, -0.15) is 0 Å². The van der Waals surface area contributed by atoms with Gasteiger partial charge in [0.25, 0.3) is 5.91 Å². The van der Waals surface area contributed by atoms with Gasteiger partial charge in [0.15, 0.2) is 0 Å². The van der Waals surface area contributed by atoms with Crippen LogP contribution in [0.1, 0.15) is 0 Å². The Kier molecular flexibility index (Phi) is 4.75. The molecule has 0 saturated carbocycles. The Balaban J connectivity index is 2.76. The summed E-state index contributed by atoms with van der Waals surface area (Å²) in [6.45, 7) is 0.136. The minimum atomic E-state index is -0.648. The van der Waals surface area contributed by atoms with Crippen molar-refractivity contribution in [1.82, 2.24) is 0 Å². The molecule has 1 atom stereocenters. The molecule has 0 fully saturated rings. The van der Waals surface area contributed by atoms with E-state index < -0.39 is 6.10 Å². The van der Waals surface area contributed by atoms with Crippen LogP contribution in [0, 0.1) is 0 Å². The molecule has 0 spiro atoms. The third-order valence-corrected chi connectivity index (χ3v) is 2.16. The smallest absolute Gasteiger partial charge is 0.254 e. The topological polar surface area (TPSA) is 73.6 Å². The zero-order valence-electron chi connectivity index (χ0n) is 9.40. The number of para-hydroxylation sites is 2. The van der Waals surface area contributed by atoms with Crippen LogP contribution in [-0.2, 0) is 9.53 Å². The molecular formula is C11H16N2O3. The van der Waals surface area contributed by atoms with Gasteiger partial charge in [-0.25, -0.2) is 0 Å². The highest BCUT2D eigenvalue weighted by Gasteiger charge is 2.16. The van der Waals surface area contributed by atoms with Crippen LogP contribution in [0.3, 0.4) is 0 Å². The fraction of sp³-hybridized carbons (Fsp3) is 0.364. The van der Waals surface area contributed by atoms with Gasteiger partial charge < -0.3 is 20.5 Å². The number of anilines is 1. The van der Waals surface area contributed by atoms with Crippen molar-refractivity contribution in [3.63, 3.8) is 0 Å². The highest BCUT2D eigenvalue weighted by molar-refractivity contribution is 5.95. The second-order valence-electron chi connectivity index (χ2n) is 3.15. The van der Waals surface area contributed by atoms with Crippen LogP contribution in [0.15, 0.2) is 24.3 Å². The van der Waals surface area contributed by atoms with E-state index in [0.29, 0.717) is 11.4 Å². The van der Waals surface area contributed by atoms with Crippen molar-refractivity contribution in [2.45, 2.75) is 6.10 Å². The van der Waals surface area contributed by atoms with Gasteiger partial charge in [0.2, 0.25) is 0 Å². The monoisotopic (exact) mass is 224 g/mol. The summed E-state index contributed by atoms with van der Waals surface area (Å²) in [5.41, 5.74) is 5.99. The van der Waals surface area contributed by atoms with Crippen molar-refractivity contribution in [2.24, 2.45) is 5.73 Å². The first kappa shape index (κ1) is 12.5. The molecule has 0 bridgehead atoms. The normalized spacial score (nSPS) is 11.9. The molecule has 0 radical (unpaired) electrons. The Morgan fingerprint density at radius 2 is 2.12 bits per heavy atom. The first-order chi connectivity index (χ1) is 7.72. The van der Waals surface area contributed by atoms with E-state index >= 15 is 0 Å². The van der Waals surface area contributed by atoms with Crippen molar-refractivity contribution in [2.75, 3.05) is 26.1 Å². The number of nitrogens with one attached hydrogen (secondary N) is 1. The van der Waals surface area contributed by atoms with Crippen LogP contribution in [-0.4, -0.2) is 32.8 Å². The molecule has 0 saturated heterocycles. The lowest BCUT2D eigenvalue weighted by molar-refractivity contribution is -0.125. The van der Waals surface area contributed by atoms with Crippen molar-refractivity contribution >= 4 is 11.6 Å². The van der Waals surface area contributed by atoms with Crippen molar-refractivity contribution in [3.8, 4) is 5.75 Å². The molecule has 3 N–H and O–H groups in total. The summed E-state index contributed by atoms with van der Waals surface area (Å²) in [5, 5.41) is 2.69. The minimum absolute atomic E-state index is 0.136. The highest BCUT2D eigenvalue weighted by Crippen LogP contribution is 2.23. The first-order valence-corrected chi connectivity index (χ1v) is 4.89. The van der Waals surface area contributed by atoms with Gasteiger partial charge >= 0.3 is 0 Å². The molecule has 1 rings (SSSR count). The Hall–Kier alpha value is -1.59. The number of nitrogens with two attached hydrogens (primary N) is 1. The van der Waals surface area contributed by atoms with Gasteiger partial charge in [0, 0.05) is 13.7 Å². The number of benzene rings is 1. The van der Waals surface area contributed by atoms with Crippen LogP contribution < -0.4 is 15.8 Å². The van der Waals surface area contributed by atoms with E-state index in [0.717, 1.165) is 0 Å². The number of ether oxygens (including phenoxy) is 2. The van der Waals surface area contributed by atoms with E-state index in [1.807, 2.05) is 12.1 Å². The maximum absolute atomic E-state index is 11.7. The Bertz CT molecular complexity index is 351. The number of carbonyl (C=O) groups excluding carboxylic acids is 1. The number of amides is 1. The number of rotatable bonds is 5. The average molecular weight is 224 g/mol. The van der Waals surface area contributed by atoms with Crippen LogP contribution in [0.4, 0.5) is 5.69 Å². The lowest BCUT2D eigenvalue weighted by atomic mass is 10.2. The van der Waals surface area contributed by atoms with Gasteiger partial charge in [0.05, 0.1) is 12.8 Å². The minimum Gasteiger partial charge on any atom is -0.495 e. The molecule has 1 amide bonds. The molecule has 88 valence electrons.